The standard InChI is InChI=1S/C15H26N2O2/c1-12(2)9-17(10-13(3)4)11-15(18)16-8-14-6-5-7-19-14/h5-7,12-13H,8-11H2,1-4H3,(H,16,18). The largest absolute Gasteiger partial charge is 0.467 e. The Morgan fingerprint density at radius 3 is 2.37 bits per heavy atom. The third kappa shape index (κ3) is 7.01. The number of carbonyl (C=O) groups is 1. The molecule has 0 saturated carbocycles. The molecule has 1 heterocycles. The maximum atomic E-state index is 11.9. The summed E-state index contributed by atoms with van der Waals surface area (Å²) in [6.45, 7) is 11.5. The lowest BCUT2D eigenvalue weighted by Gasteiger charge is -2.25. The fourth-order valence-electron chi connectivity index (χ4n) is 2.09. The molecule has 0 aliphatic rings. The molecule has 1 N–H and O–H groups in total. The highest BCUT2D eigenvalue weighted by molar-refractivity contribution is 5.77. The van der Waals surface area contributed by atoms with Crippen molar-refractivity contribution >= 4 is 5.91 Å². The molecule has 19 heavy (non-hydrogen) atoms. The van der Waals surface area contributed by atoms with Gasteiger partial charge in [-0.1, -0.05) is 27.7 Å². The summed E-state index contributed by atoms with van der Waals surface area (Å²) >= 11 is 0. The predicted molar refractivity (Wildman–Crippen MR) is 76.7 cm³/mol. The highest BCUT2D eigenvalue weighted by Crippen LogP contribution is 2.04. The molecule has 0 aliphatic carbocycles. The minimum atomic E-state index is 0.0534. The van der Waals surface area contributed by atoms with Crippen LogP contribution in [0.25, 0.3) is 0 Å². The summed E-state index contributed by atoms with van der Waals surface area (Å²) in [7, 11) is 0. The van der Waals surface area contributed by atoms with Crippen LogP contribution in [0.1, 0.15) is 33.5 Å². The van der Waals surface area contributed by atoms with Crippen LogP contribution in [0.3, 0.4) is 0 Å². The Morgan fingerprint density at radius 2 is 1.89 bits per heavy atom. The molecule has 0 aromatic carbocycles. The van der Waals surface area contributed by atoms with Gasteiger partial charge in [0.15, 0.2) is 0 Å². The zero-order valence-corrected chi connectivity index (χ0v) is 12.5. The van der Waals surface area contributed by atoms with Gasteiger partial charge in [0.05, 0.1) is 19.4 Å². The van der Waals surface area contributed by atoms with Crippen molar-refractivity contribution in [3.05, 3.63) is 24.2 Å². The molecule has 1 amide bonds. The van der Waals surface area contributed by atoms with Crippen LogP contribution in [-0.2, 0) is 11.3 Å². The van der Waals surface area contributed by atoms with Crippen LogP contribution in [-0.4, -0.2) is 30.4 Å². The van der Waals surface area contributed by atoms with Crippen molar-refractivity contribution in [2.75, 3.05) is 19.6 Å². The number of furan rings is 1. The van der Waals surface area contributed by atoms with Crippen molar-refractivity contribution in [1.82, 2.24) is 10.2 Å². The van der Waals surface area contributed by atoms with Gasteiger partial charge in [0.25, 0.3) is 0 Å². The van der Waals surface area contributed by atoms with Gasteiger partial charge in [0.2, 0.25) is 5.91 Å². The van der Waals surface area contributed by atoms with Crippen LogP contribution in [0, 0.1) is 11.8 Å². The molecule has 0 saturated heterocycles. The van der Waals surface area contributed by atoms with Crippen molar-refractivity contribution in [1.29, 1.82) is 0 Å². The van der Waals surface area contributed by atoms with Crippen molar-refractivity contribution < 1.29 is 9.21 Å². The average Bonchev–Trinajstić information content (AvgIpc) is 2.77. The van der Waals surface area contributed by atoms with Crippen molar-refractivity contribution in [2.45, 2.75) is 34.2 Å². The number of rotatable bonds is 8. The minimum Gasteiger partial charge on any atom is -0.467 e. The molecule has 1 aromatic heterocycles. The molecule has 1 aromatic rings. The summed E-state index contributed by atoms with van der Waals surface area (Å²) in [5.74, 6) is 1.97. The Balaban J connectivity index is 2.37. The van der Waals surface area contributed by atoms with E-state index >= 15 is 0 Å². The van der Waals surface area contributed by atoms with E-state index in [0.717, 1.165) is 18.8 Å². The zero-order valence-electron chi connectivity index (χ0n) is 12.5. The quantitative estimate of drug-likeness (QED) is 0.786. The number of carbonyl (C=O) groups excluding carboxylic acids is 1. The molecule has 0 radical (unpaired) electrons. The number of hydrogen-bond acceptors (Lipinski definition) is 3. The third-order valence-corrected chi connectivity index (χ3v) is 2.65. The van der Waals surface area contributed by atoms with Crippen LogP contribution >= 0.6 is 0 Å². The van der Waals surface area contributed by atoms with Gasteiger partial charge in [-0.05, 0) is 24.0 Å². The zero-order chi connectivity index (χ0) is 14.3. The molecule has 0 aliphatic heterocycles. The smallest absolute Gasteiger partial charge is 0.234 e. The van der Waals surface area contributed by atoms with Crippen LogP contribution in [0.15, 0.2) is 22.8 Å². The number of nitrogens with one attached hydrogen (secondary N) is 1. The Labute approximate surface area is 116 Å². The number of hydrogen-bond donors (Lipinski definition) is 1. The molecule has 1 rings (SSSR count). The third-order valence-electron chi connectivity index (χ3n) is 2.65. The van der Waals surface area contributed by atoms with E-state index in [1.54, 1.807) is 6.26 Å². The van der Waals surface area contributed by atoms with E-state index in [9.17, 15) is 4.79 Å². The lowest BCUT2D eigenvalue weighted by atomic mass is 10.1. The van der Waals surface area contributed by atoms with Gasteiger partial charge < -0.3 is 9.73 Å². The summed E-state index contributed by atoms with van der Waals surface area (Å²) in [6.07, 6.45) is 1.62. The second-order valence-corrected chi connectivity index (χ2v) is 5.84. The van der Waals surface area contributed by atoms with Gasteiger partial charge in [-0.15, -0.1) is 0 Å². The summed E-state index contributed by atoms with van der Waals surface area (Å²) in [6, 6.07) is 3.69. The average molecular weight is 266 g/mol. The van der Waals surface area contributed by atoms with Crippen molar-refractivity contribution in [2.24, 2.45) is 11.8 Å². The summed E-state index contributed by atoms with van der Waals surface area (Å²) in [4.78, 5) is 14.1. The topological polar surface area (TPSA) is 45.5 Å². The van der Waals surface area contributed by atoms with Crippen LogP contribution in [0.2, 0.25) is 0 Å². The molecule has 0 spiro atoms. The van der Waals surface area contributed by atoms with E-state index in [-0.39, 0.29) is 5.91 Å². The first-order valence-electron chi connectivity index (χ1n) is 6.98. The van der Waals surface area contributed by atoms with Gasteiger partial charge in [0.1, 0.15) is 5.76 Å². The molecule has 0 bridgehead atoms. The lowest BCUT2D eigenvalue weighted by molar-refractivity contribution is -0.122. The molecule has 0 fully saturated rings. The Bertz CT molecular complexity index is 348. The van der Waals surface area contributed by atoms with E-state index in [2.05, 4.69) is 37.9 Å². The number of nitrogens with zero attached hydrogens (tertiary/aromatic N) is 1. The van der Waals surface area contributed by atoms with E-state index in [1.165, 1.54) is 0 Å². The molecular weight excluding hydrogens is 240 g/mol. The van der Waals surface area contributed by atoms with Gasteiger partial charge in [0, 0.05) is 13.1 Å². The summed E-state index contributed by atoms with van der Waals surface area (Å²) < 4.78 is 5.19. The van der Waals surface area contributed by atoms with Crippen LogP contribution in [0.4, 0.5) is 0 Å². The highest BCUT2D eigenvalue weighted by atomic mass is 16.3. The molecule has 0 unspecified atom stereocenters. The van der Waals surface area contributed by atoms with Gasteiger partial charge >= 0.3 is 0 Å². The fraction of sp³-hybridized carbons (Fsp3) is 0.667. The van der Waals surface area contributed by atoms with E-state index in [1.807, 2.05) is 12.1 Å². The molecule has 0 atom stereocenters. The SMILES string of the molecule is CC(C)CN(CC(=O)NCc1ccco1)CC(C)C. The highest BCUT2D eigenvalue weighted by Gasteiger charge is 2.13. The Morgan fingerprint density at radius 1 is 1.26 bits per heavy atom. The van der Waals surface area contributed by atoms with Gasteiger partial charge in [-0.2, -0.15) is 0 Å². The molecule has 4 heteroatoms. The van der Waals surface area contributed by atoms with Crippen molar-refractivity contribution in [3.63, 3.8) is 0 Å². The van der Waals surface area contributed by atoms with Crippen LogP contribution < -0.4 is 5.32 Å². The molecule has 4 nitrogen and oxygen atoms in total. The van der Waals surface area contributed by atoms with Gasteiger partial charge in [-0.25, -0.2) is 0 Å². The van der Waals surface area contributed by atoms with E-state index < -0.39 is 0 Å². The van der Waals surface area contributed by atoms with Crippen molar-refractivity contribution in [3.8, 4) is 0 Å². The second kappa shape index (κ2) is 8.00. The first-order chi connectivity index (χ1) is 8.97. The van der Waals surface area contributed by atoms with Gasteiger partial charge in [-0.3, -0.25) is 9.69 Å². The van der Waals surface area contributed by atoms with Crippen LogP contribution in [0.5, 0.6) is 0 Å². The molecular formula is C15H26N2O2. The minimum absolute atomic E-state index is 0.0534. The Hall–Kier alpha value is -1.29. The predicted octanol–water partition coefficient (Wildman–Crippen LogP) is 2.51. The summed E-state index contributed by atoms with van der Waals surface area (Å²) in [5.41, 5.74) is 0. The van der Waals surface area contributed by atoms with E-state index in [0.29, 0.717) is 24.9 Å². The number of amides is 1. The first-order valence-corrected chi connectivity index (χ1v) is 6.98. The first kappa shape index (κ1) is 15.8. The lowest BCUT2D eigenvalue weighted by Crippen LogP contribution is -2.40. The Kier molecular flexibility index (Phi) is 6.64. The fourth-order valence-corrected chi connectivity index (χ4v) is 2.09. The van der Waals surface area contributed by atoms with E-state index in [4.69, 9.17) is 4.42 Å². The maximum absolute atomic E-state index is 11.9. The normalized spacial score (nSPS) is 11.5. The maximum Gasteiger partial charge on any atom is 0.234 e. The second-order valence-electron chi connectivity index (χ2n) is 5.84. The molecule has 108 valence electrons. The monoisotopic (exact) mass is 266 g/mol. The summed E-state index contributed by atoms with van der Waals surface area (Å²) in [5, 5.41) is 2.89.